The summed E-state index contributed by atoms with van der Waals surface area (Å²) in [5.41, 5.74) is 5.12. The Labute approximate surface area is 72.8 Å². The maximum absolute atomic E-state index is 10.8. The quantitative estimate of drug-likeness (QED) is 0.717. The molecule has 0 aliphatic rings. The summed E-state index contributed by atoms with van der Waals surface area (Å²) in [6.45, 7) is 0. The number of pyridine rings is 1. The van der Waals surface area contributed by atoms with Crippen LogP contribution in [-0.2, 0) is 0 Å². The molecule has 2 rings (SSSR count). The van der Waals surface area contributed by atoms with Gasteiger partial charge in [0.25, 0.3) is 5.91 Å². The zero-order chi connectivity index (χ0) is 8.55. The van der Waals surface area contributed by atoms with E-state index in [0.717, 1.165) is 10.2 Å². The van der Waals surface area contributed by atoms with Crippen LogP contribution >= 0.6 is 11.3 Å². The highest BCUT2D eigenvalue weighted by molar-refractivity contribution is 7.20. The first kappa shape index (κ1) is 7.24. The van der Waals surface area contributed by atoms with Crippen LogP contribution in [0.3, 0.4) is 0 Å². The van der Waals surface area contributed by atoms with Crippen molar-refractivity contribution >= 4 is 27.5 Å². The number of nitrogens with zero attached hydrogens (tertiary/aromatic N) is 1. The third-order valence-electron chi connectivity index (χ3n) is 1.54. The maximum atomic E-state index is 10.8. The van der Waals surface area contributed by atoms with Gasteiger partial charge in [-0.25, -0.2) is 4.98 Å². The fraction of sp³-hybridized carbons (Fsp3) is 0. The Morgan fingerprint density at radius 2 is 2.42 bits per heavy atom. The molecular weight excluding hydrogens is 172 g/mol. The predicted molar refractivity (Wildman–Crippen MR) is 48.1 cm³/mol. The SMILES string of the molecule is NC(=O)c1cc2cccnc2s1. The van der Waals surface area contributed by atoms with Gasteiger partial charge in [-0.1, -0.05) is 6.07 Å². The van der Waals surface area contributed by atoms with Crippen molar-refractivity contribution in [3.8, 4) is 0 Å². The number of aromatic nitrogens is 1. The lowest BCUT2D eigenvalue weighted by Gasteiger charge is -1.81. The number of hydrogen-bond donors (Lipinski definition) is 1. The van der Waals surface area contributed by atoms with Crippen LogP contribution in [0.25, 0.3) is 10.2 Å². The van der Waals surface area contributed by atoms with Gasteiger partial charge in [0.2, 0.25) is 0 Å². The summed E-state index contributed by atoms with van der Waals surface area (Å²) in [5.74, 6) is -0.391. The van der Waals surface area contributed by atoms with E-state index < -0.39 is 5.91 Å². The summed E-state index contributed by atoms with van der Waals surface area (Å²) < 4.78 is 0. The number of carbonyl (C=O) groups is 1. The van der Waals surface area contributed by atoms with Gasteiger partial charge >= 0.3 is 0 Å². The summed E-state index contributed by atoms with van der Waals surface area (Å²) >= 11 is 1.32. The van der Waals surface area contributed by atoms with Crippen LogP contribution in [0, 0.1) is 0 Å². The van der Waals surface area contributed by atoms with Crippen molar-refractivity contribution in [2.45, 2.75) is 0 Å². The standard InChI is InChI=1S/C8H6N2OS/c9-7(11)6-4-5-2-1-3-10-8(5)12-6/h1-4H,(H2,9,11). The van der Waals surface area contributed by atoms with Crippen molar-refractivity contribution in [3.05, 3.63) is 29.3 Å². The van der Waals surface area contributed by atoms with E-state index >= 15 is 0 Å². The molecule has 2 N–H and O–H groups in total. The Morgan fingerprint density at radius 3 is 3.08 bits per heavy atom. The molecule has 1 amide bonds. The second kappa shape index (κ2) is 2.57. The highest BCUT2D eigenvalue weighted by Gasteiger charge is 2.05. The number of amides is 1. The van der Waals surface area contributed by atoms with Gasteiger partial charge in [-0.05, 0) is 12.1 Å². The van der Waals surface area contributed by atoms with E-state index in [1.807, 2.05) is 12.1 Å². The molecule has 0 aliphatic heterocycles. The van der Waals surface area contributed by atoms with Crippen molar-refractivity contribution in [2.24, 2.45) is 5.73 Å². The summed E-state index contributed by atoms with van der Waals surface area (Å²) in [6.07, 6.45) is 1.70. The molecule has 0 atom stereocenters. The van der Waals surface area contributed by atoms with E-state index in [1.54, 1.807) is 12.3 Å². The highest BCUT2D eigenvalue weighted by atomic mass is 32.1. The van der Waals surface area contributed by atoms with Crippen LogP contribution in [0.2, 0.25) is 0 Å². The van der Waals surface area contributed by atoms with E-state index in [2.05, 4.69) is 4.98 Å². The minimum absolute atomic E-state index is 0.391. The van der Waals surface area contributed by atoms with Crippen LogP contribution in [0.15, 0.2) is 24.4 Å². The second-order valence-corrected chi connectivity index (χ2v) is 3.40. The van der Waals surface area contributed by atoms with Crippen LogP contribution in [0.5, 0.6) is 0 Å². The number of fused-ring (bicyclic) bond motifs is 1. The number of carbonyl (C=O) groups excluding carboxylic acids is 1. The normalized spacial score (nSPS) is 10.3. The van der Waals surface area contributed by atoms with Gasteiger partial charge in [-0.15, -0.1) is 11.3 Å². The van der Waals surface area contributed by atoms with Crippen LogP contribution in [-0.4, -0.2) is 10.9 Å². The summed E-state index contributed by atoms with van der Waals surface area (Å²) in [4.78, 5) is 16.3. The lowest BCUT2D eigenvalue weighted by molar-refractivity contribution is 0.100. The minimum atomic E-state index is -0.391. The van der Waals surface area contributed by atoms with Gasteiger partial charge in [-0.2, -0.15) is 0 Å². The highest BCUT2D eigenvalue weighted by Crippen LogP contribution is 2.22. The first-order chi connectivity index (χ1) is 5.77. The molecular formula is C8H6N2OS. The molecule has 4 heteroatoms. The van der Waals surface area contributed by atoms with E-state index in [1.165, 1.54) is 11.3 Å². The Kier molecular flexibility index (Phi) is 1.55. The fourth-order valence-corrected chi connectivity index (χ4v) is 1.85. The minimum Gasteiger partial charge on any atom is -0.365 e. The fourth-order valence-electron chi connectivity index (χ4n) is 0.995. The number of primary amides is 1. The van der Waals surface area contributed by atoms with Gasteiger partial charge in [0.1, 0.15) is 4.83 Å². The largest absolute Gasteiger partial charge is 0.365 e. The van der Waals surface area contributed by atoms with Crippen molar-refractivity contribution in [3.63, 3.8) is 0 Å². The van der Waals surface area contributed by atoms with Gasteiger partial charge in [-0.3, -0.25) is 4.79 Å². The zero-order valence-corrected chi connectivity index (χ0v) is 6.97. The van der Waals surface area contributed by atoms with Gasteiger partial charge < -0.3 is 5.73 Å². The Bertz CT molecular complexity index is 402. The van der Waals surface area contributed by atoms with E-state index in [0.29, 0.717) is 4.88 Å². The third kappa shape index (κ3) is 1.06. The molecule has 0 saturated carbocycles. The molecule has 0 aliphatic carbocycles. The molecule has 0 radical (unpaired) electrons. The number of rotatable bonds is 1. The molecule has 2 heterocycles. The topological polar surface area (TPSA) is 56.0 Å². The lowest BCUT2D eigenvalue weighted by atomic mass is 10.3. The molecule has 2 aromatic rings. The smallest absolute Gasteiger partial charge is 0.258 e. The van der Waals surface area contributed by atoms with E-state index in [9.17, 15) is 4.79 Å². The van der Waals surface area contributed by atoms with Gasteiger partial charge in [0.15, 0.2) is 0 Å². The Hall–Kier alpha value is -1.42. The van der Waals surface area contributed by atoms with E-state index in [-0.39, 0.29) is 0 Å². The second-order valence-electron chi connectivity index (χ2n) is 2.37. The van der Waals surface area contributed by atoms with Crippen LogP contribution < -0.4 is 5.73 Å². The monoisotopic (exact) mass is 178 g/mol. The average Bonchev–Trinajstić information content (AvgIpc) is 2.46. The predicted octanol–water partition coefficient (Wildman–Crippen LogP) is 1.40. The number of thiophene rings is 1. The summed E-state index contributed by atoms with van der Waals surface area (Å²) in [6, 6.07) is 5.50. The molecule has 0 aromatic carbocycles. The van der Waals surface area contributed by atoms with Crippen LogP contribution in [0.4, 0.5) is 0 Å². The zero-order valence-electron chi connectivity index (χ0n) is 6.15. The van der Waals surface area contributed by atoms with Crippen molar-refractivity contribution in [1.82, 2.24) is 4.98 Å². The molecule has 60 valence electrons. The molecule has 0 bridgehead atoms. The lowest BCUT2D eigenvalue weighted by Crippen LogP contribution is -2.07. The van der Waals surface area contributed by atoms with Crippen molar-refractivity contribution in [1.29, 1.82) is 0 Å². The van der Waals surface area contributed by atoms with Gasteiger partial charge in [0.05, 0.1) is 4.88 Å². The Morgan fingerprint density at radius 1 is 1.58 bits per heavy atom. The third-order valence-corrected chi connectivity index (χ3v) is 2.61. The van der Waals surface area contributed by atoms with Gasteiger partial charge in [0, 0.05) is 11.6 Å². The van der Waals surface area contributed by atoms with Crippen molar-refractivity contribution < 1.29 is 4.79 Å². The molecule has 0 unspecified atom stereocenters. The maximum Gasteiger partial charge on any atom is 0.258 e. The number of hydrogen-bond acceptors (Lipinski definition) is 3. The summed E-state index contributed by atoms with van der Waals surface area (Å²) in [7, 11) is 0. The first-order valence-corrected chi connectivity index (χ1v) is 4.23. The molecule has 3 nitrogen and oxygen atoms in total. The molecule has 0 saturated heterocycles. The first-order valence-electron chi connectivity index (χ1n) is 3.42. The average molecular weight is 178 g/mol. The number of nitrogens with two attached hydrogens (primary N) is 1. The molecule has 12 heavy (non-hydrogen) atoms. The molecule has 0 fully saturated rings. The Balaban J connectivity index is 2.70. The van der Waals surface area contributed by atoms with E-state index in [4.69, 9.17) is 5.73 Å². The molecule has 0 spiro atoms. The molecule has 2 aromatic heterocycles. The summed E-state index contributed by atoms with van der Waals surface area (Å²) in [5, 5.41) is 0.969. The van der Waals surface area contributed by atoms with Crippen LogP contribution in [0.1, 0.15) is 9.67 Å². The van der Waals surface area contributed by atoms with Crippen molar-refractivity contribution in [2.75, 3.05) is 0 Å².